The smallest absolute Gasteiger partial charge is 0.223 e. The molecule has 1 aliphatic carbocycles. The average Bonchev–Trinajstić information content (AvgIpc) is 2.77. The number of aromatic nitrogens is 1. The average molecular weight is 422 g/mol. The zero-order valence-electron chi connectivity index (χ0n) is 18.1. The van der Waals surface area contributed by atoms with Gasteiger partial charge in [0.2, 0.25) is 5.91 Å². The summed E-state index contributed by atoms with van der Waals surface area (Å²) in [5, 5.41) is 3.25. The normalized spacial score (nSPS) is 21.1. The van der Waals surface area contributed by atoms with Crippen LogP contribution in [0.4, 0.5) is 5.82 Å². The van der Waals surface area contributed by atoms with E-state index >= 15 is 0 Å². The van der Waals surface area contributed by atoms with Crippen molar-refractivity contribution in [3.63, 3.8) is 0 Å². The molecule has 1 aromatic heterocycles. The highest BCUT2D eigenvalue weighted by Gasteiger charge is 2.37. The number of hydrogen-bond acceptors (Lipinski definition) is 5. The molecule has 2 fully saturated rings. The molecule has 164 valence electrons. The number of benzene rings is 1. The summed E-state index contributed by atoms with van der Waals surface area (Å²) in [5.41, 5.74) is 1.14. The number of rotatable bonds is 8. The van der Waals surface area contributed by atoms with Crippen molar-refractivity contribution in [3.05, 3.63) is 60.8 Å². The Morgan fingerprint density at radius 2 is 2.03 bits per heavy atom. The molecule has 2 aliphatic rings. The first-order valence-corrected chi connectivity index (χ1v) is 11.1. The number of carbonyl (C=O) groups is 1. The number of piperidine rings is 1. The summed E-state index contributed by atoms with van der Waals surface area (Å²) in [6.45, 7) is 5.62. The second kappa shape index (κ2) is 9.86. The number of allylic oxidation sites excluding steroid dienone is 1. The van der Waals surface area contributed by atoms with Gasteiger partial charge in [-0.15, -0.1) is 6.58 Å². The summed E-state index contributed by atoms with van der Waals surface area (Å²) in [4.78, 5) is 19.4. The molecule has 6 nitrogen and oxygen atoms in total. The summed E-state index contributed by atoms with van der Waals surface area (Å²) in [7, 11) is 1.64. The van der Waals surface area contributed by atoms with Crippen LogP contribution in [0, 0.1) is 5.92 Å². The van der Waals surface area contributed by atoms with E-state index < -0.39 is 0 Å². The lowest BCUT2D eigenvalue weighted by molar-refractivity contribution is -0.131. The third kappa shape index (κ3) is 5.19. The first-order valence-electron chi connectivity index (χ1n) is 11.1. The minimum absolute atomic E-state index is 0.0289. The largest absolute Gasteiger partial charge is 0.493 e. The van der Waals surface area contributed by atoms with Crippen molar-refractivity contribution >= 4 is 11.7 Å². The number of nitrogens with one attached hydrogen (secondary N) is 1. The molecule has 0 atom stereocenters. The van der Waals surface area contributed by atoms with E-state index in [-0.39, 0.29) is 24.0 Å². The highest BCUT2D eigenvalue weighted by molar-refractivity contribution is 5.80. The molecule has 0 unspecified atom stereocenters. The van der Waals surface area contributed by atoms with Gasteiger partial charge in [0.25, 0.3) is 0 Å². The van der Waals surface area contributed by atoms with Crippen LogP contribution < -0.4 is 19.7 Å². The van der Waals surface area contributed by atoms with E-state index in [9.17, 15) is 4.79 Å². The molecule has 0 spiro atoms. The van der Waals surface area contributed by atoms with Gasteiger partial charge in [0.1, 0.15) is 11.9 Å². The van der Waals surface area contributed by atoms with Crippen LogP contribution in [0.3, 0.4) is 0 Å². The summed E-state index contributed by atoms with van der Waals surface area (Å²) in [5.74, 6) is 2.66. The molecule has 4 rings (SSSR count). The Balaban J connectivity index is 1.22. The van der Waals surface area contributed by atoms with Crippen LogP contribution in [-0.2, 0) is 11.2 Å². The summed E-state index contributed by atoms with van der Waals surface area (Å²) in [6.07, 6.45) is 7.91. The molecule has 6 heteroatoms. The van der Waals surface area contributed by atoms with Crippen LogP contribution >= 0.6 is 0 Å². The number of methoxy groups -OCH3 is 1. The number of amides is 1. The molecule has 1 amide bonds. The Morgan fingerprint density at radius 3 is 2.71 bits per heavy atom. The number of hydrogen-bond donors (Lipinski definition) is 1. The first kappa shape index (κ1) is 21.2. The van der Waals surface area contributed by atoms with Crippen LogP contribution in [0.15, 0.2) is 55.3 Å². The Kier molecular flexibility index (Phi) is 6.75. The molecule has 1 saturated carbocycles. The third-order valence-corrected chi connectivity index (χ3v) is 6.18. The van der Waals surface area contributed by atoms with E-state index in [0.29, 0.717) is 0 Å². The topological polar surface area (TPSA) is 63.7 Å². The van der Waals surface area contributed by atoms with Crippen molar-refractivity contribution in [1.29, 1.82) is 0 Å². The molecule has 31 heavy (non-hydrogen) atoms. The Hall–Kier alpha value is -3.02. The van der Waals surface area contributed by atoms with E-state index in [1.807, 2.05) is 48.7 Å². The molecule has 1 aromatic carbocycles. The van der Waals surface area contributed by atoms with Crippen LogP contribution in [-0.4, -0.2) is 43.2 Å². The van der Waals surface area contributed by atoms with Gasteiger partial charge in [-0.1, -0.05) is 18.2 Å². The number of nitrogens with zero attached hydrogens (tertiary/aromatic N) is 2. The predicted molar refractivity (Wildman–Crippen MR) is 122 cm³/mol. The van der Waals surface area contributed by atoms with Crippen molar-refractivity contribution in [2.75, 3.05) is 25.1 Å². The molecule has 1 N–H and O–H groups in total. The zero-order chi connectivity index (χ0) is 21.6. The molecular formula is C25H31N3O3. The lowest BCUT2D eigenvalue weighted by Crippen LogP contribution is -2.50. The van der Waals surface area contributed by atoms with Gasteiger partial charge in [-0.3, -0.25) is 4.79 Å². The lowest BCUT2D eigenvalue weighted by atomic mass is 9.81. The van der Waals surface area contributed by atoms with Crippen molar-refractivity contribution in [2.24, 2.45) is 5.92 Å². The van der Waals surface area contributed by atoms with Gasteiger partial charge in [0.05, 0.1) is 7.11 Å². The van der Waals surface area contributed by atoms with Gasteiger partial charge >= 0.3 is 0 Å². The summed E-state index contributed by atoms with van der Waals surface area (Å²) >= 11 is 0. The SMILES string of the molecule is C=CCc1ccc(OC)c(O[C@H]2C[C@H](C(=O)NC3CCN(c4ccccn4)CC3)C2)c1. The minimum Gasteiger partial charge on any atom is -0.493 e. The van der Waals surface area contributed by atoms with Gasteiger partial charge in [-0.2, -0.15) is 0 Å². The maximum Gasteiger partial charge on any atom is 0.223 e. The number of anilines is 1. The molecule has 2 heterocycles. The second-order valence-corrected chi connectivity index (χ2v) is 8.34. The maximum absolute atomic E-state index is 12.7. The van der Waals surface area contributed by atoms with E-state index in [2.05, 4.69) is 21.8 Å². The molecule has 1 saturated heterocycles. The molecule has 2 aromatic rings. The zero-order valence-corrected chi connectivity index (χ0v) is 18.1. The highest BCUT2D eigenvalue weighted by Crippen LogP contribution is 2.36. The van der Waals surface area contributed by atoms with Crippen LogP contribution in [0.1, 0.15) is 31.2 Å². The number of pyridine rings is 1. The van der Waals surface area contributed by atoms with Gasteiger partial charge < -0.3 is 19.7 Å². The quantitative estimate of drug-likeness (QED) is 0.658. The molecular weight excluding hydrogens is 390 g/mol. The number of ether oxygens (including phenoxy) is 2. The standard InChI is InChI=1S/C25H31N3O3/c1-3-6-18-8-9-22(30-2)23(15-18)31-21-16-19(17-21)25(29)27-20-10-13-28(14-11-20)24-7-4-5-12-26-24/h3-5,7-9,12,15,19-21H,1,6,10-11,13-14,16-17H2,2H3,(H,27,29)/t19-,21-. The fourth-order valence-electron chi connectivity index (χ4n) is 4.28. The van der Waals surface area contributed by atoms with Gasteiger partial charge in [-0.05, 0) is 61.9 Å². The maximum atomic E-state index is 12.7. The van der Waals surface area contributed by atoms with Crippen molar-refractivity contribution < 1.29 is 14.3 Å². The van der Waals surface area contributed by atoms with Gasteiger partial charge in [-0.25, -0.2) is 4.98 Å². The summed E-state index contributed by atoms with van der Waals surface area (Å²) < 4.78 is 11.6. The fourth-order valence-corrected chi connectivity index (χ4v) is 4.28. The van der Waals surface area contributed by atoms with E-state index in [1.54, 1.807) is 7.11 Å². The van der Waals surface area contributed by atoms with Crippen molar-refractivity contribution in [2.45, 2.75) is 44.2 Å². The molecule has 0 bridgehead atoms. The highest BCUT2D eigenvalue weighted by atomic mass is 16.5. The lowest BCUT2D eigenvalue weighted by Gasteiger charge is -2.37. The van der Waals surface area contributed by atoms with Gasteiger partial charge in [0.15, 0.2) is 11.5 Å². The van der Waals surface area contributed by atoms with Crippen LogP contribution in [0.5, 0.6) is 11.5 Å². The number of carbonyl (C=O) groups excluding carboxylic acids is 1. The predicted octanol–water partition coefficient (Wildman–Crippen LogP) is 3.76. The van der Waals surface area contributed by atoms with Crippen molar-refractivity contribution in [3.8, 4) is 11.5 Å². The molecule has 1 aliphatic heterocycles. The van der Waals surface area contributed by atoms with E-state index in [4.69, 9.17) is 9.47 Å². The third-order valence-electron chi connectivity index (χ3n) is 6.18. The van der Waals surface area contributed by atoms with Crippen molar-refractivity contribution in [1.82, 2.24) is 10.3 Å². The first-order chi connectivity index (χ1) is 15.2. The Labute approximate surface area is 184 Å². The van der Waals surface area contributed by atoms with Crippen LogP contribution in [0.25, 0.3) is 0 Å². The minimum atomic E-state index is 0.0289. The van der Waals surface area contributed by atoms with Gasteiger partial charge in [0, 0.05) is 31.2 Å². The van der Waals surface area contributed by atoms with Crippen LogP contribution in [0.2, 0.25) is 0 Å². The summed E-state index contributed by atoms with van der Waals surface area (Å²) in [6, 6.07) is 12.2. The second-order valence-electron chi connectivity index (χ2n) is 8.34. The Bertz CT molecular complexity index is 888. The Morgan fingerprint density at radius 1 is 1.23 bits per heavy atom. The monoisotopic (exact) mass is 421 g/mol. The fraction of sp³-hybridized carbons (Fsp3) is 0.440. The van der Waals surface area contributed by atoms with E-state index in [0.717, 1.165) is 68.1 Å². The molecule has 0 radical (unpaired) electrons. The van der Waals surface area contributed by atoms with E-state index in [1.165, 1.54) is 0 Å².